The molecule has 14 heavy (non-hydrogen) atoms. The van der Waals surface area contributed by atoms with Gasteiger partial charge in [-0.2, -0.15) is 4.98 Å². The molecule has 1 aromatic rings. The molecular weight excluding hydrogens is 218 g/mol. The molecule has 4 nitrogen and oxygen atoms in total. The number of thioether (sulfide) groups is 1. The van der Waals surface area contributed by atoms with E-state index < -0.39 is 0 Å². The second-order valence-electron chi connectivity index (χ2n) is 2.64. The van der Waals surface area contributed by atoms with Crippen LogP contribution in [0.25, 0.3) is 0 Å². The minimum atomic E-state index is 0.385. The SMILES string of the molecule is CSc1nccc(OC(=S)N(C)C)n1. The molecule has 0 aromatic carbocycles. The summed E-state index contributed by atoms with van der Waals surface area (Å²) in [5.74, 6) is 0.475. The molecule has 0 spiro atoms. The van der Waals surface area contributed by atoms with Crippen LogP contribution >= 0.6 is 24.0 Å². The van der Waals surface area contributed by atoms with Gasteiger partial charge >= 0.3 is 0 Å². The highest BCUT2D eigenvalue weighted by Crippen LogP contribution is 2.12. The second-order valence-corrected chi connectivity index (χ2v) is 3.77. The summed E-state index contributed by atoms with van der Waals surface area (Å²) < 4.78 is 5.31. The van der Waals surface area contributed by atoms with Gasteiger partial charge in [0.15, 0.2) is 5.16 Å². The van der Waals surface area contributed by atoms with Crippen LogP contribution in [0.4, 0.5) is 0 Å². The molecule has 0 unspecified atom stereocenters. The zero-order chi connectivity index (χ0) is 10.6. The zero-order valence-electron chi connectivity index (χ0n) is 8.22. The summed E-state index contributed by atoms with van der Waals surface area (Å²) in [5, 5.41) is 1.06. The number of rotatable bonds is 2. The first-order valence-electron chi connectivity index (χ1n) is 3.89. The number of thiocarbonyl (C=S) groups is 1. The lowest BCUT2D eigenvalue weighted by Crippen LogP contribution is -2.25. The molecule has 0 bridgehead atoms. The molecule has 0 atom stereocenters. The van der Waals surface area contributed by atoms with E-state index in [2.05, 4.69) is 9.97 Å². The first-order valence-corrected chi connectivity index (χ1v) is 5.53. The number of aromatic nitrogens is 2. The summed E-state index contributed by atoms with van der Waals surface area (Å²) in [4.78, 5) is 9.86. The van der Waals surface area contributed by atoms with Gasteiger partial charge in [-0.3, -0.25) is 0 Å². The van der Waals surface area contributed by atoms with Crippen molar-refractivity contribution in [1.29, 1.82) is 0 Å². The van der Waals surface area contributed by atoms with Crippen molar-refractivity contribution in [3.63, 3.8) is 0 Å². The average Bonchev–Trinajstić information content (AvgIpc) is 2.18. The molecule has 0 amide bonds. The Labute approximate surface area is 92.7 Å². The van der Waals surface area contributed by atoms with Gasteiger partial charge in [0, 0.05) is 26.4 Å². The van der Waals surface area contributed by atoms with Crippen LogP contribution in [0.15, 0.2) is 17.4 Å². The fourth-order valence-electron chi connectivity index (χ4n) is 0.661. The van der Waals surface area contributed by atoms with E-state index in [1.165, 1.54) is 11.8 Å². The maximum Gasteiger partial charge on any atom is 0.265 e. The van der Waals surface area contributed by atoms with Crippen molar-refractivity contribution < 1.29 is 4.74 Å². The van der Waals surface area contributed by atoms with Gasteiger partial charge in [0.2, 0.25) is 5.88 Å². The van der Waals surface area contributed by atoms with E-state index in [-0.39, 0.29) is 0 Å². The summed E-state index contributed by atoms with van der Waals surface area (Å²) in [6.45, 7) is 0. The number of hydrogen-bond acceptors (Lipinski definition) is 5. The molecule has 76 valence electrons. The van der Waals surface area contributed by atoms with E-state index in [9.17, 15) is 0 Å². The monoisotopic (exact) mass is 229 g/mol. The Morgan fingerprint density at radius 3 is 2.86 bits per heavy atom. The first kappa shape index (κ1) is 11.2. The smallest absolute Gasteiger partial charge is 0.265 e. The average molecular weight is 229 g/mol. The second kappa shape index (κ2) is 5.11. The van der Waals surface area contributed by atoms with Crippen molar-refractivity contribution in [2.75, 3.05) is 20.4 Å². The molecule has 0 saturated heterocycles. The van der Waals surface area contributed by atoms with Gasteiger partial charge in [-0.1, -0.05) is 11.8 Å². The minimum absolute atomic E-state index is 0.385. The third-order valence-corrected chi connectivity index (χ3v) is 2.36. The number of ether oxygens (including phenoxy) is 1. The van der Waals surface area contributed by atoms with Crippen LogP contribution in [0.5, 0.6) is 5.88 Å². The van der Waals surface area contributed by atoms with Crippen LogP contribution in [0, 0.1) is 0 Å². The van der Waals surface area contributed by atoms with E-state index in [1.807, 2.05) is 20.4 Å². The molecule has 6 heteroatoms. The lowest BCUT2D eigenvalue weighted by molar-refractivity contribution is 0.433. The van der Waals surface area contributed by atoms with Crippen LogP contribution in [0.3, 0.4) is 0 Å². The lowest BCUT2D eigenvalue weighted by Gasteiger charge is -2.13. The van der Waals surface area contributed by atoms with Gasteiger partial charge in [-0.25, -0.2) is 4.98 Å². The van der Waals surface area contributed by atoms with E-state index in [0.717, 1.165) is 0 Å². The van der Waals surface area contributed by atoms with Crippen molar-refractivity contribution in [3.8, 4) is 5.88 Å². The minimum Gasteiger partial charge on any atom is -0.413 e. The number of hydrogen-bond donors (Lipinski definition) is 0. The van der Waals surface area contributed by atoms with E-state index in [4.69, 9.17) is 17.0 Å². The summed E-state index contributed by atoms with van der Waals surface area (Å²) in [5.41, 5.74) is 0. The maximum absolute atomic E-state index is 5.31. The maximum atomic E-state index is 5.31. The van der Waals surface area contributed by atoms with Gasteiger partial charge in [-0.15, -0.1) is 0 Å². The van der Waals surface area contributed by atoms with E-state index in [0.29, 0.717) is 16.2 Å². The molecule has 0 fully saturated rings. The Morgan fingerprint density at radius 1 is 1.57 bits per heavy atom. The fourth-order valence-corrected chi connectivity index (χ4v) is 1.09. The summed E-state index contributed by atoms with van der Waals surface area (Å²) in [6, 6.07) is 1.68. The van der Waals surface area contributed by atoms with Gasteiger partial charge in [-0.05, 0) is 18.5 Å². The molecule has 1 rings (SSSR count). The summed E-state index contributed by atoms with van der Waals surface area (Å²) >= 11 is 6.44. The predicted molar refractivity (Wildman–Crippen MR) is 60.7 cm³/mol. The highest BCUT2D eigenvalue weighted by atomic mass is 32.2. The Kier molecular flexibility index (Phi) is 4.09. The van der Waals surface area contributed by atoms with Crippen LogP contribution in [0.1, 0.15) is 0 Å². The molecule has 0 radical (unpaired) electrons. The molecule has 0 saturated carbocycles. The molecule has 0 N–H and O–H groups in total. The van der Waals surface area contributed by atoms with E-state index >= 15 is 0 Å². The Morgan fingerprint density at radius 2 is 2.29 bits per heavy atom. The van der Waals surface area contributed by atoms with Gasteiger partial charge < -0.3 is 9.64 Å². The normalized spacial score (nSPS) is 9.64. The fraction of sp³-hybridized carbons (Fsp3) is 0.375. The Balaban J connectivity index is 2.72. The topological polar surface area (TPSA) is 38.2 Å². The van der Waals surface area contributed by atoms with Crippen LogP contribution in [-0.4, -0.2) is 40.4 Å². The highest BCUT2D eigenvalue weighted by Gasteiger charge is 2.04. The molecule has 1 aromatic heterocycles. The first-order chi connectivity index (χ1) is 6.63. The number of nitrogens with zero attached hydrogens (tertiary/aromatic N) is 3. The third-order valence-electron chi connectivity index (χ3n) is 1.35. The molecule has 1 heterocycles. The van der Waals surface area contributed by atoms with Crippen molar-refractivity contribution >= 4 is 29.2 Å². The predicted octanol–water partition coefficient (Wildman–Crippen LogP) is 1.42. The molecule has 0 aliphatic heterocycles. The molecule has 0 aliphatic rings. The molecule has 0 aliphatic carbocycles. The van der Waals surface area contributed by atoms with Gasteiger partial charge in [0.05, 0.1) is 0 Å². The Hall–Kier alpha value is -0.880. The van der Waals surface area contributed by atoms with Crippen LogP contribution in [0.2, 0.25) is 0 Å². The largest absolute Gasteiger partial charge is 0.413 e. The standard InChI is InChI=1S/C8H11N3OS2/c1-11(2)8(13)12-6-4-5-9-7(10-6)14-3/h4-5H,1-3H3. The van der Waals surface area contributed by atoms with Gasteiger partial charge in [0.1, 0.15) is 0 Å². The van der Waals surface area contributed by atoms with E-state index in [1.54, 1.807) is 17.2 Å². The van der Waals surface area contributed by atoms with Gasteiger partial charge in [0.25, 0.3) is 5.17 Å². The summed E-state index contributed by atoms with van der Waals surface area (Å²) in [6.07, 6.45) is 3.55. The quantitative estimate of drug-likeness (QED) is 0.434. The van der Waals surface area contributed by atoms with Crippen molar-refractivity contribution in [2.45, 2.75) is 5.16 Å². The van der Waals surface area contributed by atoms with Crippen molar-refractivity contribution in [1.82, 2.24) is 14.9 Å². The van der Waals surface area contributed by atoms with Crippen molar-refractivity contribution in [2.24, 2.45) is 0 Å². The third kappa shape index (κ3) is 3.12. The molecular formula is C8H11N3OS2. The Bertz CT molecular complexity index is 330. The zero-order valence-corrected chi connectivity index (χ0v) is 9.85. The highest BCUT2D eigenvalue weighted by molar-refractivity contribution is 7.98. The van der Waals surface area contributed by atoms with Crippen LogP contribution < -0.4 is 4.74 Å². The lowest BCUT2D eigenvalue weighted by atomic mass is 10.6. The van der Waals surface area contributed by atoms with Crippen molar-refractivity contribution in [3.05, 3.63) is 12.3 Å². The van der Waals surface area contributed by atoms with Crippen LogP contribution in [-0.2, 0) is 0 Å². The summed E-state index contributed by atoms with van der Waals surface area (Å²) in [7, 11) is 3.64.